The summed E-state index contributed by atoms with van der Waals surface area (Å²) in [5.74, 6) is 0.727. The van der Waals surface area contributed by atoms with Gasteiger partial charge in [-0.15, -0.1) is 0 Å². The highest BCUT2D eigenvalue weighted by Crippen LogP contribution is 2.40. The quantitative estimate of drug-likeness (QED) is 0.162. The van der Waals surface area contributed by atoms with Crippen molar-refractivity contribution in [2.24, 2.45) is 5.11 Å². The summed E-state index contributed by atoms with van der Waals surface area (Å²) < 4.78 is 6.84. The molecule has 0 heterocycles. The van der Waals surface area contributed by atoms with E-state index >= 15 is 0 Å². The number of benzene rings is 3. The van der Waals surface area contributed by atoms with Crippen molar-refractivity contribution in [1.29, 1.82) is 0 Å². The molecule has 166 valence electrons. The van der Waals surface area contributed by atoms with E-state index < -0.39 is 13.4 Å². The average molecular weight is 511 g/mol. The molecule has 32 heavy (non-hydrogen) atoms. The molecule has 0 bridgehead atoms. The van der Waals surface area contributed by atoms with Crippen molar-refractivity contribution in [1.82, 2.24) is 0 Å². The molecule has 0 aromatic heterocycles. The van der Waals surface area contributed by atoms with Gasteiger partial charge < -0.3 is 9.53 Å². The van der Waals surface area contributed by atoms with Crippen LogP contribution in [-0.2, 0) is 0 Å². The minimum Gasteiger partial charge on any atom is -0.493 e. The third kappa shape index (κ3) is 5.61. The first kappa shape index (κ1) is 24.1. The zero-order valence-corrected chi connectivity index (χ0v) is 20.9. The second kappa shape index (κ2) is 10.8. The van der Waals surface area contributed by atoms with Gasteiger partial charge in [0.15, 0.2) is 0 Å². The predicted octanol–water partition coefficient (Wildman–Crippen LogP) is 5.82. The van der Waals surface area contributed by atoms with E-state index in [0.29, 0.717) is 19.4 Å². The van der Waals surface area contributed by atoms with E-state index in [-0.39, 0.29) is 6.04 Å². The Morgan fingerprint density at radius 1 is 0.969 bits per heavy atom. The summed E-state index contributed by atoms with van der Waals surface area (Å²) >= 11 is 3.41. The zero-order chi connectivity index (χ0) is 23.0. The molecular formula is C25H28BrN3O2Si. The molecule has 0 aliphatic carbocycles. The van der Waals surface area contributed by atoms with E-state index in [1.54, 1.807) is 0 Å². The lowest BCUT2D eigenvalue weighted by Gasteiger charge is -2.41. The molecule has 0 aliphatic rings. The molecule has 3 aromatic carbocycles. The summed E-state index contributed by atoms with van der Waals surface area (Å²) in [6, 6.07) is 27.1. The van der Waals surface area contributed by atoms with Gasteiger partial charge in [0.05, 0.1) is 12.6 Å². The van der Waals surface area contributed by atoms with Crippen LogP contribution in [0.3, 0.4) is 0 Å². The van der Waals surface area contributed by atoms with Crippen LogP contribution >= 0.6 is 15.9 Å². The Morgan fingerprint density at radius 3 is 2.00 bits per heavy atom. The van der Waals surface area contributed by atoms with Crippen molar-refractivity contribution in [3.8, 4) is 5.75 Å². The maximum absolute atomic E-state index is 12.3. The van der Waals surface area contributed by atoms with Crippen LogP contribution in [0, 0.1) is 0 Å². The third-order valence-corrected chi connectivity index (χ3v) is 11.0. The van der Waals surface area contributed by atoms with Crippen molar-refractivity contribution in [3.63, 3.8) is 0 Å². The summed E-state index contributed by atoms with van der Waals surface area (Å²) in [5.41, 5.74) is 9.07. The molecule has 0 radical (unpaired) electrons. The van der Waals surface area contributed by atoms with Crippen LogP contribution in [0.2, 0.25) is 5.04 Å². The molecule has 1 N–H and O–H groups in total. The lowest BCUT2D eigenvalue weighted by atomic mass is 10.0. The molecule has 7 heteroatoms. The summed E-state index contributed by atoms with van der Waals surface area (Å²) in [5, 5.41) is 5.51. The number of nitrogens with zero attached hydrogens (tertiary/aromatic N) is 3. The second-order valence-electron chi connectivity index (χ2n) is 8.49. The Kier molecular flexibility index (Phi) is 8.15. The number of rotatable bonds is 10. The maximum Gasteiger partial charge on any atom is 0.258 e. The maximum atomic E-state index is 12.3. The number of hydrogen-bond donors (Lipinski definition) is 1. The van der Waals surface area contributed by atoms with E-state index in [4.69, 9.17) is 10.3 Å². The predicted molar refractivity (Wildman–Crippen MR) is 136 cm³/mol. The fourth-order valence-electron chi connectivity index (χ4n) is 3.99. The highest BCUT2D eigenvalue weighted by atomic mass is 79.9. The van der Waals surface area contributed by atoms with Crippen molar-refractivity contribution in [2.45, 2.75) is 37.8 Å². The molecule has 0 saturated carbocycles. The van der Waals surface area contributed by atoms with Gasteiger partial charge in [0.1, 0.15) is 5.75 Å². The fourth-order valence-corrected chi connectivity index (χ4v) is 8.00. The zero-order valence-electron chi connectivity index (χ0n) is 18.4. The Labute approximate surface area is 199 Å². The molecule has 0 aliphatic heterocycles. The van der Waals surface area contributed by atoms with Crippen LogP contribution in [-0.4, -0.2) is 25.8 Å². The topological polar surface area (TPSA) is 78.2 Å². The molecule has 0 fully saturated rings. The number of azide groups is 1. The minimum absolute atomic E-state index is 0.290. The van der Waals surface area contributed by atoms with Gasteiger partial charge in [-0.1, -0.05) is 95.6 Å². The van der Waals surface area contributed by atoms with E-state index in [0.717, 1.165) is 20.6 Å². The normalized spacial score (nSPS) is 12.6. The number of hydrogen-bond acceptors (Lipinski definition) is 3. The SMILES string of the molecule is CC(C)(CCC(COc1ccc(Br)cc1)N=[N+]=[N-])[Si](O)(c1ccccc1)c1ccccc1. The average Bonchev–Trinajstić information content (AvgIpc) is 2.82. The lowest BCUT2D eigenvalue weighted by Crippen LogP contribution is -2.65. The molecule has 0 spiro atoms. The minimum atomic E-state index is -3.09. The molecule has 5 nitrogen and oxygen atoms in total. The first-order chi connectivity index (χ1) is 15.4. The third-order valence-electron chi connectivity index (χ3n) is 5.94. The highest BCUT2D eigenvalue weighted by Gasteiger charge is 2.49. The Bertz CT molecular complexity index is 1000. The van der Waals surface area contributed by atoms with Crippen molar-refractivity contribution in [3.05, 3.63) is 99.8 Å². The highest BCUT2D eigenvalue weighted by molar-refractivity contribution is 9.10. The van der Waals surface area contributed by atoms with Crippen molar-refractivity contribution >= 4 is 34.6 Å². The van der Waals surface area contributed by atoms with Gasteiger partial charge in [-0.3, -0.25) is 0 Å². The summed E-state index contributed by atoms with van der Waals surface area (Å²) in [6.45, 7) is 4.52. The van der Waals surface area contributed by atoms with Gasteiger partial charge >= 0.3 is 0 Å². The van der Waals surface area contributed by atoms with Crippen molar-refractivity contribution in [2.75, 3.05) is 6.61 Å². The summed E-state index contributed by atoms with van der Waals surface area (Å²) in [7, 11) is -3.09. The number of ether oxygens (including phenoxy) is 1. The smallest absolute Gasteiger partial charge is 0.258 e. The molecule has 0 saturated heterocycles. The van der Waals surface area contributed by atoms with Gasteiger partial charge in [-0.05, 0) is 58.0 Å². The van der Waals surface area contributed by atoms with E-state index in [1.807, 2.05) is 84.9 Å². The van der Waals surface area contributed by atoms with Crippen molar-refractivity contribution < 1.29 is 9.53 Å². The monoisotopic (exact) mass is 509 g/mol. The van der Waals surface area contributed by atoms with Gasteiger partial charge in [-0.25, -0.2) is 0 Å². The summed E-state index contributed by atoms with van der Waals surface area (Å²) in [6.07, 6.45) is 1.30. The standard InChI is InChI=1S/C25H28BrN3O2Si/c1-25(2,18-17-21(28-29-27)19-31-22-15-13-20(26)14-16-22)32(30,23-9-5-3-6-10-23)24-11-7-4-8-12-24/h3-16,21,30H,17-19H2,1-2H3. The first-order valence-corrected chi connectivity index (χ1v) is 13.4. The first-order valence-electron chi connectivity index (χ1n) is 10.6. The fraction of sp³-hybridized carbons (Fsp3) is 0.280. The molecular weight excluding hydrogens is 482 g/mol. The molecule has 1 atom stereocenters. The Balaban J connectivity index is 1.80. The van der Waals surface area contributed by atoms with Gasteiger partial charge in [0.2, 0.25) is 0 Å². The molecule has 3 aromatic rings. The Hall–Kier alpha value is -2.57. The Morgan fingerprint density at radius 2 is 1.50 bits per heavy atom. The molecule has 1 unspecified atom stereocenters. The van der Waals surface area contributed by atoms with E-state index in [9.17, 15) is 4.80 Å². The summed E-state index contributed by atoms with van der Waals surface area (Å²) in [4.78, 5) is 15.3. The molecule has 0 amide bonds. The van der Waals surface area contributed by atoms with E-state index in [2.05, 4.69) is 39.8 Å². The number of halogens is 1. The lowest BCUT2D eigenvalue weighted by molar-refractivity contribution is 0.274. The second-order valence-corrected chi connectivity index (χ2v) is 13.3. The van der Waals surface area contributed by atoms with Crippen LogP contribution in [0.15, 0.2) is 94.5 Å². The van der Waals surface area contributed by atoms with Gasteiger partial charge in [0.25, 0.3) is 8.32 Å². The van der Waals surface area contributed by atoms with Crippen LogP contribution in [0.1, 0.15) is 26.7 Å². The van der Waals surface area contributed by atoms with Crippen LogP contribution in [0.4, 0.5) is 0 Å². The van der Waals surface area contributed by atoms with Crippen LogP contribution < -0.4 is 15.1 Å². The van der Waals surface area contributed by atoms with E-state index in [1.165, 1.54) is 0 Å². The van der Waals surface area contributed by atoms with Crippen LogP contribution in [0.5, 0.6) is 5.75 Å². The largest absolute Gasteiger partial charge is 0.493 e. The molecule has 3 rings (SSSR count). The van der Waals surface area contributed by atoms with Gasteiger partial charge in [0, 0.05) is 9.38 Å². The van der Waals surface area contributed by atoms with Gasteiger partial charge in [-0.2, -0.15) is 0 Å². The van der Waals surface area contributed by atoms with Crippen LogP contribution in [0.25, 0.3) is 10.4 Å².